The molecule has 2 heterocycles. The lowest BCUT2D eigenvalue weighted by molar-refractivity contribution is 0.0995. The maximum absolute atomic E-state index is 11.7. The highest BCUT2D eigenvalue weighted by molar-refractivity contribution is 6.32. The summed E-state index contributed by atoms with van der Waals surface area (Å²) in [5, 5.41) is -0.0431. The van der Waals surface area contributed by atoms with E-state index in [1.54, 1.807) is 16.8 Å². The number of primary amides is 1. The second-order valence-electron chi connectivity index (χ2n) is 4.52. The Kier molecular flexibility index (Phi) is 3.85. The van der Waals surface area contributed by atoms with Gasteiger partial charge in [0.1, 0.15) is 0 Å². The lowest BCUT2D eigenvalue weighted by Crippen LogP contribution is -2.20. The van der Waals surface area contributed by atoms with E-state index in [2.05, 4.69) is 9.97 Å². The van der Waals surface area contributed by atoms with Crippen LogP contribution in [0.4, 0.5) is 0 Å². The van der Waals surface area contributed by atoms with Crippen molar-refractivity contribution in [2.75, 3.05) is 0 Å². The van der Waals surface area contributed by atoms with Gasteiger partial charge in [0.25, 0.3) is 11.5 Å². The number of nitrogens with zero attached hydrogens (tertiary/aromatic N) is 3. The summed E-state index contributed by atoms with van der Waals surface area (Å²) in [5.41, 5.74) is 6.07. The van der Waals surface area contributed by atoms with Crippen molar-refractivity contribution in [3.8, 4) is 11.3 Å². The Morgan fingerprint density at radius 3 is 2.70 bits per heavy atom. The molecule has 2 aromatic heterocycles. The fourth-order valence-electron chi connectivity index (χ4n) is 1.73. The summed E-state index contributed by atoms with van der Waals surface area (Å²) < 4.78 is 1.57. The minimum atomic E-state index is -0.749. The van der Waals surface area contributed by atoms with Gasteiger partial charge in [-0.15, -0.1) is 0 Å². The normalized spacial score (nSPS) is 10.8. The third kappa shape index (κ3) is 2.70. The second-order valence-corrected chi connectivity index (χ2v) is 4.87. The lowest BCUT2D eigenvalue weighted by atomic mass is 10.2. The van der Waals surface area contributed by atoms with Crippen molar-refractivity contribution in [2.24, 2.45) is 5.73 Å². The number of halogens is 1. The summed E-state index contributed by atoms with van der Waals surface area (Å²) in [7, 11) is 0. The third-order valence-electron chi connectivity index (χ3n) is 2.75. The van der Waals surface area contributed by atoms with Gasteiger partial charge >= 0.3 is 0 Å². The van der Waals surface area contributed by atoms with E-state index in [1.807, 2.05) is 13.8 Å². The first-order valence-electron chi connectivity index (χ1n) is 5.95. The van der Waals surface area contributed by atoms with E-state index in [9.17, 15) is 9.59 Å². The predicted molar refractivity (Wildman–Crippen MR) is 75.6 cm³/mol. The lowest BCUT2D eigenvalue weighted by Gasteiger charge is -2.11. The molecule has 0 radical (unpaired) electrons. The van der Waals surface area contributed by atoms with Crippen LogP contribution in [-0.2, 0) is 0 Å². The van der Waals surface area contributed by atoms with Gasteiger partial charge in [0.05, 0.1) is 11.9 Å². The Bertz CT molecular complexity index is 725. The molecule has 2 N–H and O–H groups in total. The summed E-state index contributed by atoms with van der Waals surface area (Å²) in [6, 6.07) is 3.07. The highest BCUT2D eigenvalue weighted by Crippen LogP contribution is 2.19. The van der Waals surface area contributed by atoms with Crippen molar-refractivity contribution in [3.63, 3.8) is 0 Å². The van der Waals surface area contributed by atoms with Gasteiger partial charge in [0.2, 0.25) is 0 Å². The maximum Gasteiger partial charge on any atom is 0.270 e. The number of amides is 1. The number of carbonyl (C=O) groups is 1. The number of nitrogens with two attached hydrogens (primary N) is 1. The van der Waals surface area contributed by atoms with E-state index in [4.69, 9.17) is 17.3 Å². The first-order valence-corrected chi connectivity index (χ1v) is 6.33. The number of hydrogen-bond donors (Lipinski definition) is 1. The fourth-order valence-corrected chi connectivity index (χ4v) is 1.91. The minimum Gasteiger partial charge on any atom is -0.364 e. The Hall–Kier alpha value is -2.21. The molecular weight excluding hydrogens is 280 g/mol. The Morgan fingerprint density at radius 2 is 2.10 bits per heavy atom. The van der Waals surface area contributed by atoms with Crippen molar-refractivity contribution < 1.29 is 4.79 Å². The molecule has 0 atom stereocenters. The van der Waals surface area contributed by atoms with Crippen molar-refractivity contribution in [1.29, 1.82) is 0 Å². The zero-order valence-corrected chi connectivity index (χ0v) is 11.8. The van der Waals surface area contributed by atoms with Crippen LogP contribution in [0.25, 0.3) is 11.3 Å². The monoisotopic (exact) mass is 292 g/mol. The van der Waals surface area contributed by atoms with E-state index in [0.29, 0.717) is 11.3 Å². The highest BCUT2D eigenvalue weighted by atomic mass is 35.5. The summed E-state index contributed by atoms with van der Waals surface area (Å²) in [4.78, 5) is 30.9. The number of pyridine rings is 1. The van der Waals surface area contributed by atoms with Gasteiger partial charge in [-0.2, -0.15) is 0 Å². The molecule has 0 aliphatic carbocycles. The fraction of sp³-hybridized carbons (Fsp3) is 0.231. The summed E-state index contributed by atoms with van der Waals surface area (Å²) in [6.07, 6.45) is 3.09. The van der Waals surface area contributed by atoms with E-state index >= 15 is 0 Å². The van der Waals surface area contributed by atoms with Crippen LogP contribution in [0.5, 0.6) is 0 Å². The molecule has 0 spiro atoms. The van der Waals surface area contributed by atoms with Crippen LogP contribution in [0.3, 0.4) is 0 Å². The molecule has 0 aliphatic heterocycles. The van der Waals surface area contributed by atoms with Crippen LogP contribution >= 0.6 is 11.6 Å². The van der Waals surface area contributed by atoms with Gasteiger partial charge in [-0.1, -0.05) is 11.6 Å². The van der Waals surface area contributed by atoms with Crippen LogP contribution in [0.2, 0.25) is 5.15 Å². The van der Waals surface area contributed by atoms with Crippen LogP contribution in [0.1, 0.15) is 30.4 Å². The van der Waals surface area contributed by atoms with Gasteiger partial charge in [-0.05, 0) is 19.9 Å². The standard InChI is InChI=1S/C13H13ClN4O2/c1-7(2)18-6-8(3-4-10(18)19)9-5-16-12(14)11(17-9)13(15)20/h3-7H,1-2H3,(H2,15,20). The second kappa shape index (κ2) is 5.42. The van der Waals surface area contributed by atoms with Gasteiger partial charge in [0.15, 0.2) is 10.8 Å². The molecule has 2 aromatic rings. The maximum atomic E-state index is 11.7. The van der Waals surface area contributed by atoms with Crippen LogP contribution in [0, 0.1) is 0 Å². The molecule has 20 heavy (non-hydrogen) atoms. The predicted octanol–water partition coefficient (Wildman–Crippen LogP) is 1.64. The molecule has 1 amide bonds. The van der Waals surface area contributed by atoms with Crippen LogP contribution in [-0.4, -0.2) is 20.4 Å². The average molecular weight is 293 g/mol. The number of hydrogen-bond acceptors (Lipinski definition) is 4. The van der Waals surface area contributed by atoms with Crippen molar-refractivity contribution in [3.05, 3.63) is 45.7 Å². The zero-order chi connectivity index (χ0) is 14.9. The molecule has 0 aromatic carbocycles. The number of aromatic nitrogens is 3. The Morgan fingerprint density at radius 1 is 1.40 bits per heavy atom. The zero-order valence-electron chi connectivity index (χ0n) is 11.0. The summed E-state index contributed by atoms with van der Waals surface area (Å²) in [5.74, 6) is -0.749. The minimum absolute atomic E-state index is 0.0123. The summed E-state index contributed by atoms with van der Waals surface area (Å²) >= 11 is 5.76. The molecule has 0 unspecified atom stereocenters. The first kappa shape index (κ1) is 14.2. The molecule has 104 valence electrons. The Balaban J connectivity index is 2.57. The van der Waals surface area contributed by atoms with E-state index in [0.717, 1.165) is 0 Å². The molecule has 0 bridgehead atoms. The quantitative estimate of drug-likeness (QED) is 0.931. The SMILES string of the molecule is CC(C)n1cc(-c2cnc(Cl)c(C(N)=O)n2)ccc1=O. The van der Waals surface area contributed by atoms with E-state index in [1.165, 1.54) is 12.3 Å². The number of carbonyl (C=O) groups excluding carboxylic acids is 1. The van der Waals surface area contributed by atoms with Crippen molar-refractivity contribution in [1.82, 2.24) is 14.5 Å². The molecule has 0 fully saturated rings. The topological polar surface area (TPSA) is 90.9 Å². The largest absolute Gasteiger partial charge is 0.364 e. The summed E-state index contributed by atoms with van der Waals surface area (Å²) in [6.45, 7) is 3.79. The molecule has 0 saturated carbocycles. The third-order valence-corrected chi connectivity index (χ3v) is 3.03. The molecule has 0 aliphatic rings. The molecular formula is C13H13ClN4O2. The average Bonchev–Trinajstić information content (AvgIpc) is 2.39. The van der Waals surface area contributed by atoms with E-state index in [-0.39, 0.29) is 22.4 Å². The van der Waals surface area contributed by atoms with E-state index < -0.39 is 5.91 Å². The molecule has 6 nitrogen and oxygen atoms in total. The highest BCUT2D eigenvalue weighted by Gasteiger charge is 2.13. The van der Waals surface area contributed by atoms with Crippen molar-refractivity contribution >= 4 is 17.5 Å². The van der Waals surface area contributed by atoms with Gasteiger partial charge < -0.3 is 10.3 Å². The van der Waals surface area contributed by atoms with Gasteiger partial charge in [0, 0.05) is 23.9 Å². The number of rotatable bonds is 3. The molecule has 0 saturated heterocycles. The van der Waals surface area contributed by atoms with Crippen LogP contribution < -0.4 is 11.3 Å². The molecule has 2 rings (SSSR count). The van der Waals surface area contributed by atoms with Crippen LogP contribution in [0.15, 0.2) is 29.3 Å². The smallest absolute Gasteiger partial charge is 0.270 e. The Labute approximate surface area is 120 Å². The van der Waals surface area contributed by atoms with Crippen molar-refractivity contribution in [2.45, 2.75) is 19.9 Å². The van der Waals surface area contributed by atoms with Gasteiger partial charge in [-0.3, -0.25) is 9.59 Å². The van der Waals surface area contributed by atoms with Gasteiger partial charge in [-0.25, -0.2) is 9.97 Å². The molecule has 7 heteroatoms. The first-order chi connectivity index (χ1) is 9.40.